The Bertz CT molecular complexity index is 466. The largest absolute Gasteiger partial charge is 0.388 e. The van der Waals surface area contributed by atoms with Crippen molar-refractivity contribution in [3.05, 3.63) is 35.4 Å². The van der Waals surface area contributed by atoms with Crippen molar-refractivity contribution in [1.29, 1.82) is 0 Å². The minimum atomic E-state index is -0.319. The van der Waals surface area contributed by atoms with Crippen LogP contribution in [0.2, 0.25) is 0 Å². The molecule has 1 aliphatic heterocycles. The SMILES string of the molecule is CC1(C)CCC(CC2CCCc3ccccc3C2O)O1. The van der Waals surface area contributed by atoms with E-state index in [4.69, 9.17) is 4.74 Å². The van der Waals surface area contributed by atoms with E-state index in [1.54, 1.807) is 0 Å². The quantitative estimate of drug-likeness (QED) is 0.825. The van der Waals surface area contributed by atoms with Gasteiger partial charge in [0, 0.05) is 0 Å². The highest BCUT2D eigenvalue weighted by Gasteiger charge is 2.35. The molecule has 2 heteroatoms. The number of aliphatic hydroxyl groups is 1. The van der Waals surface area contributed by atoms with Crippen molar-refractivity contribution in [2.75, 3.05) is 0 Å². The van der Waals surface area contributed by atoms with E-state index in [9.17, 15) is 5.11 Å². The molecule has 0 bridgehead atoms. The second kappa shape index (κ2) is 5.50. The molecular weight excluding hydrogens is 248 g/mol. The van der Waals surface area contributed by atoms with Crippen LogP contribution >= 0.6 is 0 Å². The van der Waals surface area contributed by atoms with Crippen LogP contribution in [0.1, 0.15) is 63.2 Å². The molecule has 1 fully saturated rings. The molecule has 0 amide bonds. The molecule has 1 heterocycles. The first kappa shape index (κ1) is 14.1. The van der Waals surface area contributed by atoms with Gasteiger partial charge in [-0.15, -0.1) is 0 Å². The highest BCUT2D eigenvalue weighted by atomic mass is 16.5. The van der Waals surface area contributed by atoms with Gasteiger partial charge in [-0.2, -0.15) is 0 Å². The van der Waals surface area contributed by atoms with Crippen LogP contribution in [-0.4, -0.2) is 16.8 Å². The molecular formula is C18H26O2. The maximum absolute atomic E-state index is 10.7. The molecule has 1 aromatic rings. The summed E-state index contributed by atoms with van der Waals surface area (Å²) in [7, 11) is 0. The fourth-order valence-electron chi connectivity index (χ4n) is 3.84. The Morgan fingerprint density at radius 3 is 2.80 bits per heavy atom. The smallest absolute Gasteiger partial charge is 0.0821 e. The second-order valence-corrected chi connectivity index (χ2v) is 7.07. The van der Waals surface area contributed by atoms with Gasteiger partial charge >= 0.3 is 0 Å². The van der Waals surface area contributed by atoms with Gasteiger partial charge in [-0.25, -0.2) is 0 Å². The van der Waals surface area contributed by atoms with Crippen LogP contribution in [0.15, 0.2) is 24.3 Å². The molecule has 1 aliphatic carbocycles. The molecule has 3 unspecified atom stereocenters. The number of hydrogen-bond donors (Lipinski definition) is 1. The van der Waals surface area contributed by atoms with Gasteiger partial charge < -0.3 is 9.84 Å². The Kier molecular flexibility index (Phi) is 3.87. The summed E-state index contributed by atoms with van der Waals surface area (Å²) in [5.74, 6) is 0.345. The fourth-order valence-corrected chi connectivity index (χ4v) is 3.84. The fraction of sp³-hybridized carbons (Fsp3) is 0.667. The van der Waals surface area contributed by atoms with Gasteiger partial charge in [-0.05, 0) is 69.4 Å². The third-order valence-corrected chi connectivity index (χ3v) is 4.96. The molecule has 0 saturated carbocycles. The Balaban J connectivity index is 1.72. The lowest BCUT2D eigenvalue weighted by molar-refractivity contribution is -0.0360. The maximum atomic E-state index is 10.7. The van der Waals surface area contributed by atoms with Gasteiger partial charge in [-0.3, -0.25) is 0 Å². The number of benzene rings is 1. The van der Waals surface area contributed by atoms with Crippen LogP contribution in [-0.2, 0) is 11.2 Å². The van der Waals surface area contributed by atoms with Gasteiger partial charge in [0.25, 0.3) is 0 Å². The van der Waals surface area contributed by atoms with Gasteiger partial charge in [0.2, 0.25) is 0 Å². The number of hydrogen-bond acceptors (Lipinski definition) is 2. The molecule has 1 aromatic carbocycles. The molecule has 1 saturated heterocycles. The number of ether oxygens (including phenoxy) is 1. The van der Waals surface area contributed by atoms with E-state index in [2.05, 4.69) is 32.0 Å². The van der Waals surface area contributed by atoms with Crippen molar-refractivity contribution in [2.24, 2.45) is 5.92 Å². The van der Waals surface area contributed by atoms with Crippen molar-refractivity contribution in [2.45, 2.75) is 70.2 Å². The maximum Gasteiger partial charge on any atom is 0.0821 e. The minimum absolute atomic E-state index is 0.0260. The lowest BCUT2D eigenvalue weighted by atomic mass is 9.88. The van der Waals surface area contributed by atoms with Crippen molar-refractivity contribution >= 4 is 0 Å². The zero-order chi connectivity index (χ0) is 14.2. The summed E-state index contributed by atoms with van der Waals surface area (Å²) in [6.45, 7) is 4.34. The molecule has 2 aliphatic rings. The molecule has 1 N–H and O–H groups in total. The summed E-state index contributed by atoms with van der Waals surface area (Å²) in [4.78, 5) is 0. The van der Waals surface area contributed by atoms with Crippen molar-refractivity contribution in [1.82, 2.24) is 0 Å². The minimum Gasteiger partial charge on any atom is -0.388 e. The third kappa shape index (κ3) is 2.91. The van der Waals surface area contributed by atoms with E-state index in [0.717, 1.165) is 37.7 Å². The number of fused-ring (bicyclic) bond motifs is 1. The predicted molar refractivity (Wildman–Crippen MR) is 80.6 cm³/mol. The van der Waals surface area contributed by atoms with E-state index < -0.39 is 0 Å². The lowest BCUT2D eigenvalue weighted by Gasteiger charge is -2.26. The molecule has 3 rings (SSSR count). The van der Waals surface area contributed by atoms with E-state index >= 15 is 0 Å². The average molecular weight is 274 g/mol. The number of aryl methyl sites for hydroxylation is 1. The summed E-state index contributed by atoms with van der Waals surface area (Å²) < 4.78 is 6.12. The summed E-state index contributed by atoms with van der Waals surface area (Å²) in [5, 5.41) is 10.7. The zero-order valence-electron chi connectivity index (χ0n) is 12.6. The Labute approximate surface area is 122 Å². The van der Waals surface area contributed by atoms with Crippen molar-refractivity contribution in [3.63, 3.8) is 0 Å². The van der Waals surface area contributed by atoms with Crippen LogP contribution in [0.4, 0.5) is 0 Å². The monoisotopic (exact) mass is 274 g/mol. The molecule has 110 valence electrons. The Morgan fingerprint density at radius 2 is 2.05 bits per heavy atom. The van der Waals surface area contributed by atoms with Gasteiger partial charge in [0.05, 0.1) is 17.8 Å². The van der Waals surface area contributed by atoms with Crippen LogP contribution in [0.3, 0.4) is 0 Å². The first-order valence-corrected chi connectivity index (χ1v) is 7.99. The Morgan fingerprint density at radius 1 is 1.25 bits per heavy atom. The van der Waals surface area contributed by atoms with Gasteiger partial charge in [-0.1, -0.05) is 24.3 Å². The van der Waals surface area contributed by atoms with E-state index in [-0.39, 0.29) is 11.7 Å². The van der Waals surface area contributed by atoms with Crippen LogP contribution < -0.4 is 0 Å². The predicted octanol–water partition coefficient (Wildman–Crippen LogP) is 4.02. The third-order valence-electron chi connectivity index (χ3n) is 4.96. The first-order chi connectivity index (χ1) is 9.55. The molecule has 0 aromatic heterocycles. The zero-order valence-corrected chi connectivity index (χ0v) is 12.6. The molecule has 0 spiro atoms. The van der Waals surface area contributed by atoms with E-state index in [1.807, 2.05) is 6.07 Å². The molecule has 2 nitrogen and oxygen atoms in total. The summed E-state index contributed by atoms with van der Waals surface area (Å²) in [6.07, 6.45) is 6.66. The lowest BCUT2D eigenvalue weighted by Crippen LogP contribution is -2.23. The van der Waals surface area contributed by atoms with Crippen LogP contribution in [0.25, 0.3) is 0 Å². The first-order valence-electron chi connectivity index (χ1n) is 7.99. The standard InChI is InChI=1S/C18H26O2/c1-18(2)11-10-15(20-18)12-14-8-5-7-13-6-3-4-9-16(13)17(14)19/h3-4,6,9,14-15,17,19H,5,7-8,10-12H2,1-2H3. The number of aliphatic hydroxyl groups excluding tert-OH is 1. The number of rotatable bonds is 2. The highest BCUT2D eigenvalue weighted by Crippen LogP contribution is 2.39. The summed E-state index contributed by atoms with van der Waals surface area (Å²) >= 11 is 0. The van der Waals surface area contributed by atoms with Crippen molar-refractivity contribution in [3.8, 4) is 0 Å². The molecule has 3 atom stereocenters. The average Bonchev–Trinajstić information content (AvgIpc) is 2.68. The Hall–Kier alpha value is -0.860. The topological polar surface area (TPSA) is 29.5 Å². The highest BCUT2D eigenvalue weighted by molar-refractivity contribution is 5.30. The van der Waals surface area contributed by atoms with Gasteiger partial charge in [0.1, 0.15) is 0 Å². The summed E-state index contributed by atoms with van der Waals surface area (Å²) in [6, 6.07) is 8.38. The molecule has 20 heavy (non-hydrogen) atoms. The second-order valence-electron chi connectivity index (χ2n) is 7.07. The van der Waals surface area contributed by atoms with E-state index in [0.29, 0.717) is 12.0 Å². The molecule has 0 radical (unpaired) electrons. The summed E-state index contributed by atoms with van der Waals surface area (Å²) in [5.41, 5.74) is 2.50. The van der Waals surface area contributed by atoms with Gasteiger partial charge in [0.15, 0.2) is 0 Å². The van der Waals surface area contributed by atoms with Crippen LogP contribution in [0.5, 0.6) is 0 Å². The van der Waals surface area contributed by atoms with E-state index in [1.165, 1.54) is 12.0 Å². The van der Waals surface area contributed by atoms with Crippen molar-refractivity contribution < 1.29 is 9.84 Å². The van der Waals surface area contributed by atoms with Crippen LogP contribution in [0, 0.1) is 5.92 Å². The normalized spacial score (nSPS) is 32.6.